The van der Waals surface area contributed by atoms with Crippen LogP contribution in [0.15, 0.2) is 77.7 Å². The molecule has 0 saturated carbocycles. The van der Waals surface area contributed by atoms with E-state index in [4.69, 9.17) is 23.2 Å². The number of hydrogen-bond acceptors (Lipinski definition) is 4. The number of rotatable bonds is 10. The fourth-order valence-electron chi connectivity index (χ4n) is 4.06. The van der Waals surface area contributed by atoms with Crippen LogP contribution >= 0.6 is 45.8 Å². The highest BCUT2D eigenvalue weighted by molar-refractivity contribution is 14.1. The highest BCUT2D eigenvalue weighted by Gasteiger charge is 2.34. The molecule has 7 nitrogen and oxygen atoms in total. The maximum Gasteiger partial charge on any atom is 0.264 e. The van der Waals surface area contributed by atoms with E-state index < -0.39 is 34.1 Å². The molecule has 0 bridgehead atoms. The summed E-state index contributed by atoms with van der Waals surface area (Å²) in [6.07, 6.45) is 0.309. The zero-order valence-corrected chi connectivity index (χ0v) is 27.2. The van der Waals surface area contributed by atoms with Crippen LogP contribution in [-0.4, -0.2) is 43.3 Å². The molecule has 214 valence electrons. The summed E-state index contributed by atoms with van der Waals surface area (Å²) in [6, 6.07) is 18.9. The first-order valence-electron chi connectivity index (χ1n) is 12.6. The fraction of sp³-hybridized carbons (Fsp3) is 0.310. The number of carbonyl (C=O) groups is 2. The lowest BCUT2D eigenvalue weighted by Crippen LogP contribution is -2.55. The molecule has 0 saturated heterocycles. The molecule has 0 aromatic heterocycles. The van der Waals surface area contributed by atoms with Crippen molar-refractivity contribution in [2.75, 3.05) is 10.8 Å². The summed E-state index contributed by atoms with van der Waals surface area (Å²) in [5.74, 6) is -0.879. The van der Waals surface area contributed by atoms with Gasteiger partial charge in [0.1, 0.15) is 12.6 Å². The van der Waals surface area contributed by atoms with Crippen LogP contribution in [0.25, 0.3) is 0 Å². The van der Waals surface area contributed by atoms with Gasteiger partial charge in [-0.15, -0.1) is 0 Å². The minimum absolute atomic E-state index is 0.0255. The minimum atomic E-state index is -4.12. The fourth-order valence-corrected chi connectivity index (χ4v) is 6.18. The first-order chi connectivity index (χ1) is 18.7. The van der Waals surface area contributed by atoms with Crippen molar-refractivity contribution < 1.29 is 18.0 Å². The average Bonchev–Trinajstić information content (AvgIpc) is 2.89. The summed E-state index contributed by atoms with van der Waals surface area (Å²) < 4.78 is 29.6. The quantitative estimate of drug-likeness (QED) is 0.243. The topological polar surface area (TPSA) is 86.8 Å². The Morgan fingerprint density at radius 2 is 1.57 bits per heavy atom. The molecule has 0 heterocycles. The Morgan fingerprint density at radius 1 is 0.950 bits per heavy atom. The molecule has 0 unspecified atom stereocenters. The second-order valence-corrected chi connectivity index (χ2v) is 14.2. The predicted octanol–water partition coefficient (Wildman–Crippen LogP) is 6.52. The number of benzene rings is 3. The zero-order valence-electron chi connectivity index (χ0n) is 22.7. The maximum atomic E-state index is 14.1. The Balaban J connectivity index is 2.07. The molecular formula is C29H32Cl2IN3O4S. The molecule has 0 spiro atoms. The van der Waals surface area contributed by atoms with Crippen LogP contribution in [0.5, 0.6) is 0 Å². The van der Waals surface area contributed by atoms with Crippen molar-refractivity contribution in [2.24, 2.45) is 0 Å². The van der Waals surface area contributed by atoms with Gasteiger partial charge in [-0.2, -0.15) is 0 Å². The summed E-state index contributed by atoms with van der Waals surface area (Å²) in [7, 11) is -4.12. The molecule has 2 amide bonds. The van der Waals surface area contributed by atoms with Crippen molar-refractivity contribution in [1.82, 2.24) is 10.2 Å². The molecule has 0 aliphatic rings. The summed E-state index contributed by atoms with van der Waals surface area (Å²) in [6.45, 7) is 6.88. The second kappa shape index (κ2) is 13.5. The van der Waals surface area contributed by atoms with E-state index in [2.05, 4.69) is 27.9 Å². The average molecular weight is 716 g/mol. The molecular weight excluding hydrogens is 684 g/mol. The highest BCUT2D eigenvalue weighted by Crippen LogP contribution is 2.27. The Kier molecular flexibility index (Phi) is 10.9. The minimum Gasteiger partial charge on any atom is -0.350 e. The smallest absolute Gasteiger partial charge is 0.264 e. The lowest BCUT2D eigenvalue weighted by Gasteiger charge is -2.34. The number of amides is 2. The van der Waals surface area contributed by atoms with E-state index in [9.17, 15) is 18.0 Å². The molecule has 1 atom stereocenters. The third-order valence-electron chi connectivity index (χ3n) is 5.95. The number of carbonyl (C=O) groups excluding carboxylic acids is 2. The van der Waals surface area contributed by atoms with Gasteiger partial charge in [0.2, 0.25) is 11.8 Å². The summed E-state index contributed by atoms with van der Waals surface area (Å²) in [5.41, 5.74) is 0.447. The number of nitrogens with one attached hydrogen (secondary N) is 1. The summed E-state index contributed by atoms with van der Waals surface area (Å²) in [4.78, 5) is 28.9. The van der Waals surface area contributed by atoms with Gasteiger partial charge in [0.05, 0.1) is 20.6 Å². The number of hydrogen-bond donors (Lipinski definition) is 1. The Bertz CT molecular complexity index is 1450. The Morgan fingerprint density at radius 3 is 2.12 bits per heavy atom. The van der Waals surface area contributed by atoms with Crippen LogP contribution in [0.2, 0.25) is 10.0 Å². The SMILES string of the molecule is CC[C@@H](C(=O)NC(C)(C)C)N(Cc1ccc(Cl)c(Cl)c1)C(=O)CN(c1ccc(I)cc1)S(=O)(=O)c1ccccc1. The largest absolute Gasteiger partial charge is 0.350 e. The van der Waals surface area contributed by atoms with Gasteiger partial charge in [0.25, 0.3) is 10.0 Å². The van der Waals surface area contributed by atoms with Crippen LogP contribution in [-0.2, 0) is 26.2 Å². The lowest BCUT2D eigenvalue weighted by molar-refractivity contribution is -0.141. The molecule has 3 rings (SSSR count). The third-order valence-corrected chi connectivity index (χ3v) is 9.19. The number of sulfonamides is 1. The van der Waals surface area contributed by atoms with Crippen molar-refractivity contribution in [1.29, 1.82) is 0 Å². The van der Waals surface area contributed by atoms with E-state index in [-0.39, 0.29) is 17.3 Å². The number of halogens is 3. The van der Waals surface area contributed by atoms with Gasteiger partial charge in [-0.3, -0.25) is 13.9 Å². The van der Waals surface area contributed by atoms with E-state index in [0.717, 1.165) is 7.88 Å². The van der Waals surface area contributed by atoms with Gasteiger partial charge in [-0.1, -0.05) is 54.4 Å². The normalized spacial score (nSPS) is 12.5. The van der Waals surface area contributed by atoms with Gasteiger partial charge in [0.15, 0.2) is 0 Å². The van der Waals surface area contributed by atoms with E-state index >= 15 is 0 Å². The van der Waals surface area contributed by atoms with E-state index in [0.29, 0.717) is 27.7 Å². The maximum absolute atomic E-state index is 14.1. The molecule has 40 heavy (non-hydrogen) atoms. The van der Waals surface area contributed by atoms with Crippen LogP contribution in [0.3, 0.4) is 0 Å². The van der Waals surface area contributed by atoms with Crippen LogP contribution < -0.4 is 9.62 Å². The number of nitrogens with zero attached hydrogens (tertiary/aromatic N) is 2. The monoisotopic (exact) mass is 715 g/mol. The van der Waals surface area contributed by atoms with Crippen molar-refractivity contribution in [3.63, 3.8) is 0 Å². The predicted molar refractivity (Wildman–Crippen MR) is 169 cm³/mol. The number of anilines is 1. The first-order valence-corrected chi connectivity index (χ1v) is 15.9. The van der Waals surface area contributed by atoms with Crippen LogP contribution in [0, 0.1) is 3.57 Å². The molecule has 1 N–H and O–H groups in total. The van der Waals surface area contributed by atoms with Gasteiger partial charge in [-0.25, -0.2) is 8.42 Å². The van der Waals surface area contributed by atoms with E-state index in [1.165, 1.54) is 17.0 Å². The van der Waals surface area contributed by atoms with Crippen LogP contribution in [0.1, 0.15) is 39.7 Å². The van der Waals surface area contributed by atoms with Crippen molar-refractivity contribution in [2.45, 2.75) is 57.1 Å². The summed E-state index contributed by atoms with van der Waals surface area (Å²) >= 11 is 14.5. The highest BCUT2D eigenvalue weighted by atomic mass is 127. The Labute approximate surface area is 260 Å². The van der Waals surface area contributed by atoms with E-state index in [1.807, 2.05) is 20.8 Å². The third kappa shape index (κ3) is 8.34. The molecule has 0 aliphatic heterocycles. The van der Waals surface area contributed by atoms with Crippen molar-refractivity contribution in [3.8, 4) is 0 Å². The van der Waals surface area contributed by atoms with E-state index in [1.54, 1.807) is 67.6 Å². The first kappa shape index (κ1) is 32.2. The molecule has 3 aromatic rings. The standard InChI is InChI=1S/C29H32Cl2IN3O4S/c1-5-26(28(37)33-29(2,3)4)34(18-20-11-16-24(30)25(31)17-20)27(36)19-35(22-14-12-21(32)13-15-22)40(38,39)23-9-7-6-8-10-23/h6-17,26H,5,18-19H2,1-4H3,(H,33,37)/t26-/m0/s1. The van der Waals surface area contributed by atoms with Crippen LogP contribution in [0.4, 0.5) is 5.69 Å². The van der Waals surface area contributed by atoms with Crippen molar-refractivity contribution in [3.05, 3.63) is 92.0 Å². The molecule has 11 heteroatoms. The van der Waals surface area contributed by atoms with Gasteiger partial charge in [0, 0.05) is 15.7 Å². The molecule has 0 radical (unpaired) electrons. The molecule has 3 aromatic carbocycles. The lowest BCUT2D eigenvalue weighted by atomic mass is 10.1. The van der Waals surface area contributed by atoms with Gasteiger partial charge in [-0.05, 0) is 104 Å². The molecule has 0 aliphatic carbocycles. The van der Waals surface area contributed by atoms with Gasteiger partial charge >= 0.3 is 0 Å². The van der Waals surface area contributed by atoms with Crippen molar-refractivity contribution >= 4 is 73.3 Å². The Hall–Kier alpha value is -2.34. The zero-order chi connectivity index (χ0) is 29.7. The second-order valence-electron chi connectivity index (χ2n) is 10.2. The van der Waals surface area contributed by atoms with Gasteiger partial charge < -0.3 is 10.2 Å². The molecule has 0 fully saturated rings. The summed E-state index contributed by atoms with van der Waals surface area (Å²) in [5, 5.41) is 3.62.